The van der Waals surface area contributed by atoms with Crippen molar-refractivity contribution in [3.63, 3.8) is 0 Å². The number of aromatic nitrogens is 2. The molecule has 1 aromatic carbocycles. The fourth-order valence-electron chi connectivity index (χ4n) is 4.27. The average molecular weight is 399 g/mol. The zero-order valence-corrected chi connectivity index (χ0v) is 16.3. The lowest BCUT2D eigenvalue weighted by Crippen LogP contribution is -2.53. The second-order valence-electron chi connectivity index (χ2n) is 7.94. The minimum absolute atomic E-state index is 0.0642. The highest BCUT2D eigenvalue weighted by Gasteiger charge is 2.36. The van der Waals surface area contributed by atoms with E-state index in [0.29, 0.717) is 49.1 Å². The van der Waals surface area contributed by atoms with Crippen LogP contribution in [0, 0.1) is 0 Å². The largest absolute Gasteiger partial charge is 0.481 e. The molecule has 0 unspecified atom stereocenters. The van der Waals surface area contributed by atoms with E-state index in [-0.39, 0.29) is 17.9 Å². The van der Waals surface area contributed by atoms with Gasteiger partial charge < -0.3 is 15.2 Å². The fraction of sp³-hybridized carbons (Fsp3) is 0.524. The Bertz CT molecular complexity index is 1010. The Morgan fingerprint density at radius 2 is 2.00 bits per heavy atom. The second kappa shape index (κ2) is 7.94. The Morgan fingerprint density at radius 1 is 1.21 bits per heavy atom. The van der Waals surface area contributed by atoms with E-state index in [9.17, 15) is 19.5 Å². The van der Waals surface area contributed by atoms with E-state index in [4.69, 9.17) is 4.74 Å². The number of fused-ring (bicyclic) bond motifs is 2. The van der Waals surface area contributed by atoms with Crippen LogP contribution in [0.25, 0.3) is 10.9 Å². The van der Waals surface area contributed by atoms with Crippen LogP contribution in [0.15, 0.2) is 23.0 Å². The van der Waals surface area contributed by atoms with Gasteiger partial charge in [-0.3, -0.25) is 19.0 Å². The summed E-state index contributed by atoms with van der Waals surface area (Å²) in [7, 11) is 0. The molecular formula is C21H25N3O5. The summed E-state index contributed by atoms with van der Waals surface area (Å²) >= 11 is 0. The summed E-state index contributed by atoms with van der Waals surface area (Å²) < 4.78 is 7.09. The molecule has 0 aliphatic carbocycles. The number of aliphatic carboxylic acids is 1. The molecule has 154 valence electrons. The van der Waals surface area contributed by atoms with E-state index < -0.39 is 11.5 Å². The van der Waals surface area contributed by atoms with Crippen LogP contribution in [0.5, 0.6) is 0 Å². The maximum Gasteiger partial charge on any atom is 0.305 e. The Balaban J connectivity index is 1.65. The number of benzene rings is 1. The summed E-state index contributed by atoms with van der Waals surface area (Å²) in [6, 6.07) is 4.88. The molecule has 0 bridgehead atoms. The molecule has 2 aromatic rings. The highest BCUT2D eigenvalue weighted by atomic mass is 16.5. The third kappa shape index (κ3) is 4.03. The number of carboxylic acids is 1. The van der Waals surface area contributed by atoms with Gasteiger partial charge in [-0.05, 0) is 43.9 Å². The van der Waals surface area contributed by atoms with Gasteiger partial charge in [-0.1, -0.05) is 6.42 Å². The van der Waals surface area contributed by atoms with Crippen molar-refractivity contribution in [3.05, 3.63) is 39.9 Å². The molecule has 29 heavy (non-hydrogen) atoms. The average Bonchev–Trinajstić information content (AvgIpc) is 2.93. The van der Waals surface area contributed by atoms with Crippen LogP contribution in [-0.4, -0.2) is 45.3 Å². The van der Waals surface area contributed by atoms with Crippen molar-refractivity contribution in [2.24, 2.45) is 0 Å². The molecule has 1 amide bonds. The predicted molar refractivity (Wildman–Crippen MR) is 106 cm³/mol. The first-order chi connectivity index (χ1) is 14.0. The molecule has 0 atom stereocenters. The SMILES string of the molecule is O=C(O)CC1(NC(=O)c2ccc3c(=O)n4c(nc3c2)CCCCC4)CCOCC1. The second-order valence-corrected chi connectivity index (χ2v) is 7.94. The minimum atomic E-state index is -0.955. The number of carbonyl (C=O) groups is 2. The lowest BCUT2D eigenvalue weighted by molar-refractivity contribution is -0.139. The van der Waals surface area contributed by atoms with Crippen LogP contribution >= 0.6 is 0 Å². The van der Waals surface area contributed by atoms with Gasteiger partial charge in [0.1, 0.15) is 5.82 Å². The van der Waals surface area contributed by atoms with E-state index in [1.165, 1.54) is 0 Å². The van der Waals surface area contributed by atoms with Gasteiger partial charge in [0, 0.05) is 31.7 Å². The van der Waals surface area contributed by atoms with Crippen LogP contribution in [0.3, 0.4) is 0 Å². The summed E-state index contributed by atoms with van der Waals surface area (Å²) in [5.41, 5.74) is -0.00318. The van der Waals surface area contributed by atoms with E-state index in [1.54, 1.807) is 22.8 Å². The van der Waals surface area contributed by atoms with Gasteiger partial charge >= 0.3 is 5.97 Å². The molecular weight excluding hydrogens is 374 g/mol. The highest BCUT2D eigenvalue weighted by molar-refractivity contribution is 5.98. The van der Waals surface area contributed by atoms with Crippen molar-refractivity contribution in [1.82, 2.24) is 14.9 Å². The molecule has 4 rings (SSSR count). The molecule has 2 N–H and O–H groups in total. The Hall–Kier alpha value is -2.74. The monoisotopic (exact) mass is 399 g/mol. The first-order valence-electron chi connectivity index (χ1n) is 10.1. The molecule has 8 nitrogen and oxygen atoms in total. The van der Waals surface area contributed by atoms with Crippen LogP contribution in [0.1, 0.15) is 54.7 Å². The summed E-state index contributed by atoms with van der Waals surface area (Å²) in [6.07, 6.45) is 4.54. The molecule has 8 heteroatoms. The predicted octanol–water partition coefficient (Wildman–Crippen LogP) is 1.88. The number of carbonyl (C=O) groups excluding carboxylic acids is 1. The van der Waals surface area contributed by atoms with Crippen molar-refractivity contribution in [3.8, 4) is 0 Å². The lowest BCUT2D eigenvalue weighted by Gasteiger charge is -2.36. The number of carboxylic acid groups (broad SMARTS) is 1. The number of hydrogen-bond acceptors (Lipinski definition) is 5. The van der Waals surface area contributed by atoms with Crippen molar-refractivity contribution in [2.45, 2.75) is 57.0 Å². The van der Waals surface area contributed by atoms with E-state index in [2.05, 4.69) is 10.3 Å². The van der Waals surface area contributed by atoms with Crippen molar-refractivity contribution >= 4 is 22.8 Å². The molecule has 1 fully saturated rings. The van der Waals surface area contributed by atoms with Gasteiger partial charge in [-0.2, -0.15) is 0 Å². The minimum Gasteiger partial charge on any atom is -0.481 e. The Kier molecular flexibility index (Phi) is 5.36. The summed E-state index contributed by atoms with van der Waals surface area (Å²) in [5, 5.41) is 12.7. The molecule has 0 radical (unpaired) electrons. The molecule has 0 spiro atoms. The number of hydrogen-bond donors (Lipinski definition) is 2. The fourth-order valence-corrected chi connectivity index (χ4v) is 4.27. The summed E-state index contributed by atoms with van der Waals surface area (Å²) in [5.74, 6) is -0.542. The van der Waals surface area contributed by atoms with Gasteiger partial charge in [-0.15, -0.1) is 0 Å². The smallest absolute Gasteiger partial charge is 0.305 e. The van der Waals surface area contributed by atoms with Gasteiger partial charge in [0.05, 0.1) is 22.9 Å². The van der Waals surface area contributed by atoms with Gasteiger partial charge in [0.2, 0.25) is 0 Å². The zero-order chi connectivity index (χ0) is 20.4. The number of amides is 1. The lowest BCUT2D eigenvalue weighted by atomic mass is 9.86. The van der Waals surface area contributed by atoms with Crippen molar-refractivity contribution < 1.29 is 19.4 Å². The van der Waals surface area contributed by atoms with E-state index in [1.807, 2.05) is 0 Å². The Morgan fingerprint density at radius 3 is 2.76 bits per heavy atom. The summed E-state index contributed by atoms with van der Waals surface area (Å²) in [4.78, 5) is 41.7. The van der Waals surface area contributed by atoms with Crippen LogP contribution < -0.4 is 10.9 Å². The normalized spacial score (nSPS) is 18.6. The van der Waals surface area contributed by atoms with E-state index >= 15 is 0 Å². The van der Waals surface area contributed by atoms with Gasteiger partial charge in [-0.25, -0.2) is 4.98 Å². The number of nitrogens with zero attached hydrogens (tertiary/aromatic N) is 2. The highest BCUT2D eigenvalue weighted by Crippen LogP contribution is 2.25. The first-order valence-corrected chi connectivity index (χ1v) is 10.1. The van der Waals surface area contributed by atoms with Gasteiger partial charge in [0.25, 0.3) is 11.5 Å². The van der Waals surface area contributed by atoms with Crippen LogP contribution in [0.2, 0.25) is 0 Å². The number of nitrogens with one attached hydrogen (secondary N) is 1. The topological polar surface area (TPSA) is 111 Å². The first kappa shape index (κ1) is 19.6. The number of rotatable bonds is 4. The van der Waals surface area contributed by atoms with Crippen molar-refractivity contribution in [2.75, 3.05) is 13.2 Å². The molecule has 1 saturated heterocycles. The number of aryl methyl sites for hydroxylation is 1. The maximum absolute atomic E-state index is 12.9. The third-order valence-electron chi connectivity index (χ3n) is 5.90. The molecule has 1 aromatic heterocycles. The molecule has 2 aliphatic rings. The standard InChI is InChI=1S/C21H25N3O5/c25-18(26)13-21(7-10-29-11-8-21)23-19(27)14-5-6-15-16(12-14)22-17-4-2-1-3-9-24(17)20(15)28/h5-6,12H,1-4,7-11,13H2,(H,23,27)(H,25,26). The number of ether oxygens (including phenoxy) is 1. The van der Waals surface area contributed by atoms with Gasteiger partial charge in [0.15, 0.2) is 0 Å². The quantitative estimate of drug-likeness (QED) is 0.812. The zero-order valence-electron chi connectivity index (χ0n) is 16.3. The third-order valence-corrected chi connectivity index (χ3v) is 5.90. The molecule has 3 heterocycles. The molecule has 0 saturated carbocycles. The maximum atomic E-state index is 12.9. The van der Waals surface area contributed by atoms with Crippen molar-refractivity contribution in [1.29, 1.82) is 0 Å². The van der Waals surface area contributed by atoms with E-state index in [0.717, 1.165) is 31.5 Å². The summed E-state index contributed by atoms with van der Waals surface area (Å²) in [6.45, 7) is 1.50. The van der Waals surface area contributed by atoms with Crippen LogP contribution in [0.4, 0.5) is 0 Å². The van der Waals surface area contributed by atoms with Crippen LogP contribution in [-0.2, 0) is 22.5 Å². The molecule has 2 aliphatic heterocycles. The Labute approximate surface area is 167 Å².